The van der Waals surface area contributed by atoms with Crippen molar-refractivity contribution in [2.45, 2.75) is 51.0 Å². The first kappa shape index (κ1) is 10.5. The molecule has 1 aliphatic rings. The highest BCUT2D eigenvalue weighted by Gasteiger charge is 2.36. The summed E-state index contributed by atoms with van der Waals surface area (Å²) in [7, 11) is 0. The Balaban J connectivity index is 2.51. The number of hydrogen-bond donors (Lipinski definition) is 1. The predicted octanol–water partition coefficient (Wildman–Crippen LogP) is 2.18. The molecule has 0 amide bonds. The maximum Gasteiger partial charge on any atom is 0.156 e. The second-order valence-electron chi connectivity index (χ2n) is 4.07. The van der Waals surface area contributed by atoms with E-state index in [0.717, 1.165) is 37.7 Å². The quantitative estimate of drug-likeness (QED) is 0.675. The normalized spacial score (nSPS) is 20.2. The van der Waals surface area contributed by atoms with Crippen LogP contribution in [0.4, 0.5) is 0 Å². The van der Waals surface area contributed by atoms with Gasteiger partial charge in [-0.25, -0.2) is 0 Å². The van der Waals surface area contributed by atoms with Gasteiger partial charge >= 0.3 is 0 Å². The zero-order chi connectivity index (χ0) is 9.90. The van der Waals surface area contributed by atoms with Gasteiger partial charge in [0, 0.05) is 6.42 Å². The second kappa shape index (κ2) is 4.05. The zero-order valence-electron chi connectivity index (χ0n) is 8.44. The second-order valence-corrected chi connectivity index (χ2v) is 4.07. The molecule has 0 saturated heterocycles. The number of allylic oxidation sites excluding steroid dienone is 1. The van der Waals surface area contributed by atoms with Crippen LogP contribution in [0, 0.1) is 0 Å². The molecule has 2 N–H and O–H groups in total. The first-order valence-electron chi connectivity index (χ1n) is 5.07. The summed E-state index contributed by atoms with van der Waals surface area (Å²) in [6, 6.07) is 0. The van der Waals surface area contributed by atoms with E-state index in [4.69, 9.17) is 5.73 Å². The predicted molar refractivity (Wildman–Crippen MR) is 54.4 cm³/mol. The van der Waals surface area contributed by atoms with E-state index < -0.39 is 5.54 Å². The zero-order valence-corrected chi connectivity index (χ0v) is 8.44. The van der Waals surface area contributed by atoms with Crippen LogP contribution in [-0.2, 0) is 4.79 Å². The third kappa shape index (κ3) is 2.41. The summed E-state index contributed by atoms with van der Waals surface area (Å²) >= 11 is 0. The highest BCUT2D eigenvalue weighted by Crippen LogP contribution is 2.29. The van der Waals surface area contributed by atoms with Gasteiger partial charge in [0.15, 0.2) is 5.78 Å². The largest absolute Gasteiger partial charge is 0.319 e. The monoisotopic (exact) mass is 181 g/mol. The Morgan fingerprint density at radius 2 is 2.00 bits per heavy atom. The molecule has 1 aliphatic carbocycles. The van der Waals surface area contributed by atoms with Gasteiger partial charge in [0.1, 0.15) is 0 Å². The summed E-state index contributed by atoms with van der Waals surface area (Å²) in [5.74, 6) is 0.192. The van der Waals surface area contributed by atoms with Crippen molar-refractivity contribution in [2.75, 3.05) is 0 Å². The highest BCUT2D eigenvalue weighted by atomic mass is 16.1. The fraction of sp³-hybridized carbons (Fsp3) is 0.727. The third-order valence-corrected chi connectivity index (χ3v) is 2.96. The first-order chi connectivity index (χ1) is 6.08. The number of carbonyl (C=O) groups is 1. The SMILES string of the molecule is C=C(CC)CC(=O)C1(N)CCCC1. The van der Waals surface area contributed by atoms with Crippen LogP contribution in [0.1, 0.15) is 45.4 Å². The molecule has 1 rings (SSSR count). The van der Waals surface area contributed by atoms with E-state index in [-0.39, 0.29) is 5.78 Å². The molecule has 13 heavy (non-hydrogen) atoms. The highest BCUT2D eigenvalue weighted by molar-refractivity contribution is 5.90. The third-order valence-electron chi connectivity index (χ3n) is 2.96. The molecule has 2 heteroatoms. The summed E-state index contributed by atoms with van der Waals surface area (Å²) < 4.78 is 0. The van der Waals surface area contributed by atoms with Crippen LogP contribution in [0.15, 0.2) is 12.2 Å². The lowest BCUT2D eigenvalue weighted by Crippen LogP contribution is -2.45. The van der Waals surface area contributed by atoms with Gasteiger partial charge in [-0.2, -0.15) is 0 Å². The molecule has 74 valence electrons. The van der Waals surface area contributed by atoms with Crippen molar-refractivity contribution in [3.63, 3.8) is 0 Å². The van der Waals surface area contributed by atoms with Crippen LogP contribution in [0.2, 0.25) is 0 Å². The molecule has 0 aromatic carbocycles. The lowest BCUT2D eigenvalue weighted by molar-refractivity contribution is -0.123. The van der Waals surface area contributed by atoms with Crippen LogP contribution in [0.25, 0.3) is 0 Å². The molecular weight excluding hydrogens is 162 g/mol. The number of carbonyl (C=O) groups excluding carboxylic acids is 1. The summed E-state index contributed by atoms with van der Waals surface area (Å²) in [5, 5.41) is 0. The molecule has 1 saturated carbocycles. The lowest BCUT2D eigenvalue weighted by Gasteiger charge is -2.21. The average molecular weight is 181 g/mol. The number of hydrogen-bond acceptors (Lipinski definition) is 2. The van der Waals surface area contributed by atoms with Gasteiger partial charge in [0.25, 0.3) is 0 Å². The topological polar surface area (TPSA) is 43.1 Å². The maximum absolute atomic E-state index is 11.8. The standard InChI is InChI=1S/C11H19NO/c1-3-9(2)8-10(13)11(12)6-4-5-7-11/h2-8,12H2,1H3. The van der Waals surface area contributed by atoms with Gasteiger partial charge in [-0.15, -0.1) is 0 Å². The van der Waals surface area contributed by atoms with Gasteiger partial charge in [-0.1, -0.05) is 31.9 Å². The molecule has 0 unspecified atom stereocenters. The Labute approximate surface area is 80.2 Å². The van der Waals surface area contributed by atoms with Gasteiger partial charge < -0.3 is 5.73 Å². The van der Waals surface area contributed by atoms with Crippen LogP contribution in [-0.4, -0.2) is 11.3 Å². The summed E-state index contributed by atoms with van der Waals surface area (Å²) in [6.07, 6.45) is 5.28. The number of rotatable bonds is 4. The minimum Gasteiger partial charge on any atom is -0.319 e. The lowest BCUT2D eigenvalue weighted by atomic mass is 9.89. The minimum atomic E-state index is -0.516. The van der Waals surface area contributed by atoms with Crippen molar-refractivity contribution < 1.29 is 4.79 Å². The van der Waals surface area contributed by atoms with E-state index >= 15 is 0 Å². The molecule has 2 nitrogen and oxygen atoms in total. The summed E-state index contributed by atoms with van der Waals surface area (Å²) in [5.41, 5.74) is 6.50. The Hall–Kier alpha value is -0.630. The molecular formula is C11H19NO. The van der Waals surface area contributed by atoms with E-state index in [1.54, 1.807) is 0 Å². The van der Waals surface area contributed by atoms with Gasteiger partial charge in [-0.05, 0) is 19.3 Å². The van der Waals surface area contributed by atoms with Crippen LogP contribution in [0.5, 0.6) is 0 Å². The minimum absolute atomic E-state index is 0.192. The first-order valence-corrected chi connectivity index (χ1v) is 5.07. The van der Waals surface area contributed by atoms with Crippen LogP contribution >= 0.6 is 0 Å². The Morgan fingerprint density at radius 1 is 1.46 bits per heavy atom. The van der Waals surface area contributed by atoms with Crippen molar-refractivity contribution in [3.05, 3.63) is 12.2 Å². The van der Waals surface area contributed by atoms with E-state index in [1.807, 2.05) is 6.92 Å². The smallest absolute Gasteiger partial charge is 0.156 e. The molecule has 1 fully saturated rings. The van der Waals surface area contributed by atoms with E-state index in [9.17, 15) is 4.79 Å². The molecule has 0 heterocycles. The molecule has 0 atom stereocenters. The van der Waals surface area contributed by atoms with E-state index in [2.05, 4.69) is 6.58 Å². The molecule has 0 spiro atoms. The fourth-order valence-electron chi connectivity index (χ4n) is 1.81. The van der Waals surface area contributed by atoms with Crippen LogP contribution < -0.4 is 5.73 Å². The van der Waals surface area contributed by atoms with Crippen LogP contribution in [0.3, 0.4) is 0 Å². The van der Waals surface area contributed by atoms with Crippen molar-refractivity contribution >= 4 is 5.78 Å². The number of Topliss-reactive ketones (excluding diaryl/α,β-unsaturated/α-hetero) is 1. The average Bonchev–Trinajstić information content (AvgIpc) is 2.53. The van der Waals surface area contributed by atoms with Crippen molar-refractivity contribution in [3.8, 4) is 0 Å². The van der Waals surface area contributed by atoms with E-state index in [1.165, 1.54) is 0 Å². The maximum atomic E-state index is 11.8. The molecule has 0 aromatic rings. The van der Waals surface area contributed by atoms with Gasteiger partial charge in [0.05, 0.1) is 5.54 Å². The summed E-state index contributed by atoms with van der Waals surface area (Å²) in [4.78, 5) is 11.8. The van der Waals surface area contributed by atoms with Crippen molar-refractivity contribution in [1.82, 2.24) is 0 Å². The number of ketones is 1. The Morgan fingerprint density at radius 3 is 2.46 bits per heavy atom. The molecule has 0 radical (unpaired) electrons. The van der Waals surface area contributed by atoms with Gasteiger partial charge in [0.2, 0.25) is 0 Å². The number of nitrogens with two attached hydrogens (primary N) is 1. The molecule has 0 bridgehead atoms. The summed E-state index contributed by atoms with van der Waals surface area (Å²) in [6.45, 7) is 5.86. The van der Waals surface area contributed by atoms with Crippen molar-refractivity contribution in [1.29, 1.82) is 0 Å². The molecule has 0 aromatic heterocycles. The fourth-order valence-corrected chi connectivity index (χ4v) is 1.81. The van der Waals surface area contributed by atoms with Crippen molar-refractivity contribution in [2.24, 2.45) is 5.73 Å². The Bertz CT molecular complexity index is 214. The van der Waals surface area contributed by atoms with Gasteiger partial charge in [-0.3, -0.25) is 4.79 Å². The molecule has 0 aliphatic heterocycles. The van der Waals surface area contributed by atoms with E-state index in [0.29, 0.717) is 6.42 Å². The Kier molecular flexibility index (Phi) is 3.26.